The van der Waals surface area contributed by atoms with Crippen LogP contribution >= 0.6 is 0 Å². The summed E-state index contributed by atoms with van der Waals surface area (Å²) in [6, 6.07) is 7.89. The van der Waals surface area contributed by atoms with Crippen molar-refractivity contribution in [2.75, 3.05) is 0 Å². The Morgan fingerprint density at radius 3 is 2.78 bits per heavy atom. The molecule has 0 saturated carbocycles. The summed E-state index contributed by atoms with van der Waals surface area (Å²) in [6.07, 6.45) is 4.93. The molecule has 0 radical (unpaired) electrons. The topological polar surface area (TPSA) is 68.0 Å². The summed E-state index contributed by atoms with van der Waals surface area (Å²) in [7, 11) is 1.75. The molecule has 0 aliphatic heterocycles. The van der Waals surface area contributed by atoms with Crippen LogP contribution in [0.4, 0.5) is 4.39 Å². The maximum Gasteiger partial charge on any atom is 0.336 e. The number of hydrogen-bond donors (Lipinski definition) is 1. The lowest BCUT2D eigenvalue weighted by atomic mass is 10.00. The van der Waals surface area contributed by atoms with E-state index in [0.29, 0.717) is 22.4 Å². The molecule has 0 saturated heterocycles. The molecule has 0 aliphatic carbocycles. The molecule has 0 spiro atoms. The second-order valence-corrected chi connectivity index (χ2v) is 5.16. The minimum Gasteiger partial charge on any atom is -0.478 e. The van der Waals surface area contributed by atoms with E-state index in [1.165, 1.54) is 24.5 Å². The molecule has 3 aromatic rings. The fraction of sp³-hybridized carbons (Fsp3) is 0.118. The average Bonchev–Trinajstić information content (AvgIpc) is 2.88. The molecule has 0 fully saturated rings. The first-order valence-corrected chi connectivity index (χ1v) is 7.00. The molecule has 23 heavy (non-hydrogen) atoms. The van der Waals surface area contributed by atoms with E-state index in [0.717, 1.165) is 0 Å². The van der Waals surface area contributed by atoms with Crippen LogP contribution < -0.4 is 0 Å². The van der Waals surface area contributed by atoms with Crippen LogP contribution in [-0.4, -0.2) is 25.8 Å². The molecule has 2 aromatic heterocycles. The number of aryl methyl sites for hydroxylation is 1. The number of carboxylic acid groups (broad SMARTS) is 1. The zero-order chi connectivity index (χ0) is 16.4. The number of halogens is 1. The first-order valence-electron chi connectivity index (χ1n) is 7.00. The van der Waals surface area contributed by atoms with Crippen LogP contribution in [0.5, 0.6) is 0 Å². The Bertz CT molecular complexity index is 874. The largest absolute Gasteiger partial charge is 0.478 e. The molecular weight excluding hydrogens is 297 g/mol. The third-order valence-corrected chi connectivity index (χ3v) is 3.56. The summed E-state index contributed by atoms with van der Waals surface area (Å²) >= 11 is 0. The number of aromatic carboxylic acids is 1. The standard InChI is InChI=1S/C17H14FN3O2/c1-21-10-14(13-4-2-3-5-15(13)18)16(20-21)8-11-9-19-7-6-12(11)17(22)23/h2-7,9-10H,8H2,1H3,(H,22,23). The lowest BCUT2D eigenvalue weighted by Gasteiger charge is -2.06. The summed E-state index contributed by atoms with van der Waals surface area (Å²) in [5.74, 6) is -1.36. The summed E-state index contributed by atoms with van der Waals surface area (Å²) in [6.45, 7) is 0. The number of rotatable bonds is 4. The van der Waals surface area contributed by atoms with Crippen molar-refractivity contribution in [1.29, 1.82) is 0 Å². The Balaban J connectivity index is 2.06. The number of hydrogen-bond acceptors (Lipinski definition) is 3. The summed E-state index contributed by atoms with van der Waals surface area (Å²) < 4.78 is 15.7. The highest BCUT2D eigenvalue weighted by Gasteiger charge is 2.17. The third-order valence-electron chi connectivity index (χ3n) is 3.56. The second kappa shape index (κ2) is 6.00. The monoisotopic (exact) mass is 311 g/mol. The predicted octanol–water partition coefficient (Wildman–Crippen LogP) is 2.91. The Morgan fingerprint density at radius 2 is 2.04 bits per heavy atom. The smallest absolute Gasteiger partial charge is 0.336 e. The van der Waals surface area contributed by atoms with Crippen molar-refractivity contribution in [2.24, 2.45) is 7.05 Å². The van der Waals surface area contributed by atoms with Crippen molar-refractivity contribution in [3.63, 3.8) is 0 Å². The van der Waals surface area contributed by atoms with Gasteiger partial charge in [0.2, 0.25) is 0 Å². The van der Waals surface area contributed by atoms with Gasteiger partial charge >= 0.3 is 5.97 Å². The van der Waals surface area contributed by atoms with Gasteiger partial charge in [-0.1, -0.05) is 18.2 Å². The molecule has 0 aliphatic rings. The van der Waals surface area contributed by atoms with Crippen molar-refractivity contribution in [2.45, 2.75) is 6.42 Å². The van der Waals surface area contributed by atoms with Crippen LogP contribution in [0.3, 0.4) is 0 Å². The number of pyridine rings is 1. The van der Waals surface area contributed by atoms with E-state index < -0.39 is 5.97 Å². The summed E-state index contributed by atoms with van der Waals surface area (Å²) in [5, 5.41) is 13.6. The molecule has 1 N–H and O–H groups in total. The average molecular weight is 311 g/mol. The normalized spacial score (nSPS) is 10.7. The predicted molar refractivity (Wildman–Crippen MR) is 82.6 cm³/mol. The number of carbonyl (C=O) groups is 1. The zero-order valence-corrected chi connectivity index (χ0v) is 12.4. The fourth-order valence-corrected chi connectivity index (χ4v) is 2.53. The van der Waals surface area contributed by atoms with Crippen molar-refractivity contribution in [3.05, 3.63) is 71.6 Å². The van der Waals surface area contributed by atoms with Crippen molar-refractivity contribution in [3.8, 4) is 11.1 Å². The fourth-order valence-electron chi connectivity index (χ4n) is 2.53. The van der Waals surface area contributed by atoms with Crippen molar-refractivity contribution in [1.82, 2.24) is 14.8 Å². The maximum atomic E-state index is 14.1. The first-order chi connectivity index (χ1) is 11.1. The molecule has 6 heteroatoms. The van der Waals surface area contributed by atoms with E-state index in [4.69, 9.17) is 0 Å². The third kappa shape index (κ3) is 2.96. The number of carboxylic acids is 1. The molecule has 2 heterocycles. The highest BCUT2D eigenvalue weighted by molar-refractivity contribution is 5.89. The molecule has 3 rings (SSSR count). The SMILES string of the molecule is Cn1cc(-c2ccccc2F)c(Cc2cnccc2C(=O)O)n1. The first kappa shape index (κ1) is 14.9. The molecule has 0 unspecified atom stereocenters. The van der Waals surface area contributed by atoms with Gasteiger partial charge in [0, 0.05) is 43.2 Å². The van der Waals surface area contributed by atoms with E-state index >= 15 is 0 Å². The molecule has 0 bridgehead atoms. The minimum atomic E-state index is -1.02. The molecule has 0 amide bonds. The van der Waals surface area contributed by atoms with Gasteiger partial charge in [-0.25, -0.2) is 9.18 Å². The second-order valence-electron chi connectivity index (χ2n) is 5.16. The maximum absolute atomic E-state index is 14.1. The van der Waals surface area contributed by atoms with Crippen LogP contribution in [0, 0.1) is 5.82 Å². The van der Waals surface area contributed by atoms with Crippen LogP contribution in [-0.2, 0) is 13.5 Å². The molecule has 5 nitrogen and oxygen atoms in total. The van der Waals surface area contributed by atoms with Gasteiger partial charge in [-0.15, -0.1) is 0 Å². The molecule has 1 aromatic carbocycles. The van der Waals surface area contributed by atoms with Crippen LogP contribution in [0.25, 0.3) is 11.1 Å². The van der Waals surface area contributed by atoms with Gasteiger partial charge in [-0.3, -0.25) is 9.67 Å². The molecule has 0 atom stereocenters. The Morgan fingerprint density at radius 1 is 1.26 bits per heavy atom. The van der Waals surface area contributed by atoms with E-state index in [9.17, 15) is 14.3 Å². The van der Waals surface area contributed by atoms with Gasteiger partial charge in [0.1, 0.15) is 5.82 Å². The van der Waals surface area contributed by atoms with Crippen LogP contribution in [0.15, 0.2) is 48.9 Å². The lowest BCUT2D eigenvalue weighted by Crippen LogP contribution is -2.05. The Hall–Kier alpha value is -3.02. The Labute approximate surface area is 132 Å². The highest BCUT2D eigenvalue weighted by atomic mass is 19.1. The number of benzene rings is 1. The molecule has 116 valence electrons. The lowest BCUT2D eigenvalue weighted by molar-refractivity contribution is 0.0695. The minimum absolute atomic E-state index is 0.171. The molecular formula is C17H14FN3O2. The van der Waals surface area contributed by atoms with Gasteiger partial charge in [0.15, 0.2) is 0 Å². The number of aromatic nitrogens is 3. The van der Waals surface area contributed by atoms with Crippen LogP contribution in [0.2, 0.25) is 0 Å². The van der Waals surface area contributed by atoms with E-state index in [1.54, 1.807) is 36.1 Å². The summed E-state index contributed by atoms with van der Waals surface area (Å²) in [4.78, 5) is 15.3. The Kier molecular flexibility index (Phi) is 3.89. The number of nitrogens with zero attached hydrogens (tertiary/aromatic N) is 3. The van der Waals surface area contributed by atoms with Crippen molar-refractivity contribution >= 4 is 5.97 Å². The van der Waals surface area contributed by atoms with Gasteiger partial charge in [-0.2, -0.15) is 5.10 Å². The van der Waals surface area contributed by atoms with E-state index in [-0.39, 0.29) is 17.8 Å². The van der Waals surface area contributed by atoms with Gasteiger partial charge in [-0.05, 0) is 17.7 Å². The van der Waals surface area contributed by atoms with E-state index in [2.05, 4.69) is 10.1 Å². The van der Waals surface area contributed by atoms with E-state index in [1.807, 2.05) is 0 Å². The van der Waals surface area contributed by atoms with Crippen molar-refractivity contribution < 1.29 is 14.3 Å². The van der Waals surface area contributed by atoms with Crippen LogP contribution in [0.1, 0.15) is 21.6 Å². The summed E-state index contributed by atoms with van der Waals surface area (Å²) in [5.41, 5.74) is 2.40. The quantitative estimate of drug-likeness (QED) is 0.804. The zero-order valence-electron chi connectivity index (χ0n) is 12.4. The van der Waals surface area contributed by atoms with Gasteiger partial charge < -0.3 is 5.11 Å². The van der Waals surface area contributed by atoms with Gasteiger partial charge in [0.05, 0.1) is 11.3 Å². The van der Waals surface area contributed by atoms with Gasteiger partial charge in [0.25, 0.3) is 0 Å². The highest BCUT2D eigenvalue weighted by Crippen LogP contribution is 2.27.